The lowest BCUT2D eigenvalue weighted by Crippen LogP contribution is -2.14. The Labute approximate surface area is 191 Å². The van der Waals surface area contributed by atoms with E-state index in [1.54, 1.807) is 0 Å². The van der Waals surface area contributed by atoms with Gasteiger partial charge in [-0.25, -0.2) is 4.98 Å². The van der Waals surface area contributed by atoms with E-state index in [-0.39, 0.29) is 0 Å². The van der Waals surface area contributed by atoms with E-state index in [4.69, 9.17) is 4.98 Å². The zero-order valence-corrected chi connectivity index (χ0v) is 18.0. The predicted molar refractivity (Wildman–Crippen MR) is 138 cm³/mol. The van der Waals surface area contributed by atoms with E-state index in [9.17, 15) is 0 Å². The Hall–Kier alpha value is -4.37. The molecular weight excluding hydrogens is 402 g/mol. The molecule has 33 heavy (non-hydrogen) atoms. The predicted octanol–water partition coefficient (Wildman–Crippen LogP) is 6.96. The number of hydrogen-bond donors (Lipinski definition) is 1. The van der Waals surface area contributed by atoms with Gasteiger partial charge in [-0.15, -0.1) is 0 Å². The monoisotopic (exact) mass is 423 g/mol. The van der Waals surface area contributed by atoms with Crippen molar-refractivity contribution in [2.75, 3.05) is 6.54 Å². The largest absolute Gasteiger partial charge is 0.381 e. The first-order valence-electron chi connectivity index (χ1n) is 11.3. The van der Waals surface area contributed by atoms with Crippen LogP contribution in [0.1, 0.15) is 5.56 Å². The summed E-state index contributed by atoms with van der Waals surface area (Å²) in [5, 5.41) is 7.08. The Kier molecular flexibility index (Phi) is 3.91. The van der Waals surface area contributed by atoms with Gasteiger partial charge in [0.2, 0.25) is 0 Å². The fraction of sp³-hybridized carbons (Fsp3) is 0.0333. The van der Waals surface area contributed by atoms with Gasteiger partial charge >= 0.3 is 0 Å². The van der Waals surface area contributed by atoms with Crippen LogP contribution in [-0.4, -0.2) is 15.9 Å². The second-order valence-corrected chi connectivity index (χ2v) is 8.50. The third-order valence-corrected chi connectivity index (χ3v) is 6.59. The van der Waals surface area contributed by atoms with Crippen LogP contribution in [0.4, 0.5) is 0 Å². The van der Waals surface area contributed by atoms with E-state index in [0.717, 1.165) is 23.2 Å². The van der Waals surface area contributed by atoms with Crippen LogP contribution in [0.5, 0.6) is 0 Å². The Balaban J connectivity index is 1.45. The Morgan fingerprint density at radius 3 is 2.27 bits per heavy atom. The van der Waals surface area contributed by atoms with Gasteiger partial charge in [-0.05, 0) is 58.5 Å². The molecule has 6 aromatic rings. The number of aromatic nitrogens is 2. The van der Waals surface area contributed by atoms with Gasteiger partial charge in [0.05, 0.1) is 16.6 Å². The summed E-state index contributed by atoms with van der Waals surface area (Å²) in [4.78, 5) is 5.00. The maximum absolute atomic E-state index is 5.00. The summed E-state index contributed by atoms with van der Waals surface area (Å²) >= 11 is 0. The molecule has 1 N–H and O–H groups in total. The van der Waals surface area contributed by atoms with Gasteiger partial charge in [0, 0.05) is 23.0 Å². The molecule has 0 fully saturated rings. The van der Waals surface area contributed by atoms with Crippen LogP contribution in [-0.2, 0) is 0 Å². The first kappa shape index (κ1) is 18.2. The molecule has 0 radical (unpaired) electrons. The van der Waals surface area contributed by atoms with Gasteiger partial charge in [-0.1, -0.05) is 72.8 Å². The number of para-hydroxylation sites is 3. The highest BCUT2D eigenvalue weighted by Gasteiger charge is 2.14. The van der Waals surface area contributed by atoms with Crippen LogP contribution in [0.15, 0.2) is 109 Å². The number of hydrogen-bond acceptors (Lipinski definition) is 2. The van der Waals surface area contributed by atoms with Gasteiger partial charge in [0.25, 0.3) is 0 Å². The van der Waals surface area contributed by atoms with Crippen molar-refractivity contribution in [3.05, 3.63) is 115 Å². The van der Waals surface area contributed by atoms with Gasteiger partial charge in [-0.3, -0.25) is 4.40 Å². The molecule has 0 bridgehead atoms. The van der Waals surface area contributed by atoms with Crippen molar-refractivity contribution in [3.8, 4) is 11.1 Å². The minimum atomic E-state index is 0.878. The molecule has 0 atom stereocenters. The highest BCUT2D eigenvalue weighted by atomic mass is 15.0. The van der Waals surface area contributed by atoms with Crippen molar-refractivity contribution >= 4 is 44.1 Å². The topological polar surface area (TPSA) is 29.3 Å². The Morgan fingerprint density at radius 1 is 0.667 bits per heavy atom. The molecular formula is C30H21N3. The van der Waals surface area contributed by atoms with Crippen LogP contribution >= 0.6 is 0 Å². The van der Waals surface area contributed by atoms with Crippen LogP contribution in [0.25, 0.3) is 55.2 Å². The second-order valence-electron chi connectivity index (χ2n) is 8.50. The average Bonchev–Trinajstić information content (AvgIpc) is 3.29. The molecule has 3 heteroatoms. The smallest absolute Gasteiger partial charge is 0.146 e. The molecule has 0 aliphatic carbocycles. The van der Waals surface area contributed by atoms with E-state index < -0.39 is 0 Å². The highest BCUT2D eigenvalue weighted by molar-refractivity contribution is 6.14. The number of imidazole rings is 1. The van der Waals surface area contributed by atoms with Crippen LogP contribution in [0.2, 0.25) is 0 Å². The lowest BCUT2D eigenvalue weighted by atomic mass is 9.98. The number of dihydropyridines is 1. The number of allylic oxidation sites excluding steroid dienone is 2. The van der Waals surface area contributed by atoms with Crippen molar-refractivity contribution in [2.45, 2.75) is 0 Å². The molecule has 1 aliphatic rings. The quantitative estimate of drug-likeness (QED) is 0.305. The fourth-order valence-electron chi connectivity index (χ4n) is 4.99. The van der Waals surface area contributed by atoms with Crippen LogP contribution in [0, 0.1) is 0 Å². The first-order chi connectivity index (χ1) is 16.4. The average molecular weight is 424 g/mol. The number of benzene rings is 4. The van der Waals surface area contributed by atoms with Gasteiger partial charge in [0.15, 0.2) is 0 Å². The number of nitrogens with zero attached hydrogens (tertiary/aromatic N) is 2. The van der Waals surface area contributed by atoms with E-state index in [1.165, 1.54) is 44.1 Å². The zero-order valence-electron chi connectivity index (χ0n) is 18.0. The Morgan fingerprint density at radius 2 is 1.42 bits per heavy atom. The fourth-order valence-corrected chi connectivity index (χ4v) is 4.99. The molecule has 0 saturated heterocycles. The summed E-state index contributed by atoms with van der Waals surface area (Å²) < 4.78 is 2.29. The third-order valence-electron chi connectivity index (χ3n) is 6.59. The van der Waals surface area contributed by atoms with E-state index in [1.807, 2.05) is 0 Å². The molecule has 3 nitrogen and oxygen atoms in total. The standard InChI is InChI=1S/C30H21N3/c1-3-10-28-23(7-1)25-19-22(20-12-14-21(15-13-20)26-8-5-6-18-31-26)16-17-24(25)30-32-27-9-2-4-11-29(27)33(28)30/h1-17,19,31H,18H2. The third kappa shape index (κ3) is 2.79. The molecule has 7 rings (SSSR count). The highest BCUT2D eigenvalue weighted by Crippen LogP contribution is 2.35. The molecule has 156 valence electrons. The minimum absolute atomic E-state index is 0.878. The van der Waals surface area contributed by atoms with E-state index in [0.29, 0.717) is 0 Å². The lowest BCUT2D eigenvalue weighted by molar-refractivity contribution is 0.996. The molecule has 0 saturated carbocycles. The zero-order chi connectivity index (χ0) is 21.8. The summed E-state index contributed by atoms with van der Waals surface area (Å²) in [6.07, 6.45) is 6.35. The molecule has 0 spiro atoms. The molecule has 3 heterocycles. The summed E-state index contributed by atoms with van der Waals surface area (Å²) in [5.74, 6) is 0. The maximum atomic E-state index is 5.00. The summed E-state index contributed by atoms with van der Waals surface area (Å²) in [6.45, 7) is 0.878. The molecule has 1 aliphatic heterocycles. The Bertz CT molecular complexity index is 1750. The number of nitrogens with one attached hydrogen (secondary N) is 1. The van der Waals surface area contributed by atoms with Crippen LogP contribution in [0.3, 0.4) is 0 Å². The molecule has 0 unspecified atom stereocenters. The molecule has 2 aromatic heterocycles. The minimum Gasteiger partial charge on any atom is -0.381 e. The van der Waals surface area contributed by atoms with Crippen molar-refractivity contribution in [1.82, 2.24) is 14.7 Å². The van der Waals surface area contributed by atoms with E-state index in [2.05, 4.69) is 119 Å². The van der Waals surface area contributed by atoms with Crippen molar-refractivity contribution < 1.29 is 0 Å². The van der Waals surface area contributed by atoms with Gasteiger partial charge in [-0.2, -0.15) is 0 Å². The number of rotatable bonds is 2. The van der Waals surface area contributed by atoms with Gasteiger partial charge < -0.3 is 5.32 Å². The van der Waals surface area contributed by atoms with E-state index >= 15 is 0 Å². The lowest BCUT2D eigenvalue weighted by Gasteiger charge is -2.13. The summed E-state index contributed by atoms with van der Waals surface area (Å²) in [7, 11) is 0. The van der Waals surface area contributed by atoms with Crippen molar-refractivity contribution in [1.29, 1.82) is 0 Å². The first-order valence-corrected chi connectivity index (χ1v) is 11.3. The SMILES string of the molecule is C1=CCNC(c2ccc(-c3ccc4c(c3)c3ccccc3n3c5ccccc5nc43)cc2)=C1. The normalized spacial score (nSPS) is 13.6. The van der Waals surface area contributed by atoms with Crippen LogP contribution < -0.4 is 5.32 Å². The number of fused-ring (bicyclic) bond motifs is 8. The second kappa shape index (κ2) is 7.07. The number of pyridine rings is 1. The van der Waals surface area contributed by atoms with Gasteiger partial charge in [0.1, 0.15) is 5.65 Å². The van der Waals surface area contributed by atoms with Crippen molar-refractivity contribution in [3.63, 3.8) is 0 Å². The summed E-state index contributed by atoms with van der Waals surface area (Å²) in [6, 6.07) is 32.6. The van der Waals surface area contributed by atoms with Crippen molar-refractivity contribution in [2.24, 2.45) is 0 Å². The molecule has 4 aromatic carbocycles. The summed E-state index contributed by atoms with van der Waals surface area (Å²) in [5.41, 5.74) is 9.17. The maximum Gasteiger partial charge on any atom is 0.146 e. The molecule has 0 amide bonds.